The van der Waals surface area contributed by atoms with Gasteiger partial charge in [0.15, 0.2) is 0 Å². The van der Waals surface area contributed by atoms with E-state index in [9.17, 15) is 9.59 Å². The van der Waals surface area contributed by atoms with Gasteiger partial charge in [0, 0.05) is 21.5 Å². The maximum Gasteiger partial charge on any atom is 0.314 e. The molecule has 0 radical (unpaired) electrons. The molecule has 0 fully saturated rings. The van der Waals surface area contributed by atoms with Crippen LogP contribution >= 0.6 is 0 Å². The largest absolute Gasteiger partial charge is 0.425 e. The number of carbonyl (C=O) groups is 2. The van der Waals surface area contributed by atoms with E-state index in [-0.39, 0.29) is 23.8 Å². The van der Waals surface area contributed by atoms with E-state index in [0.717, 1.165) is 78.5 Å². The predicted molar refractivity (Wildman–Crippen MR) is 144 cm³/mol. The zero-order valence-electron chi connectivity index (χ0n) is 22.0. The van der Waals surface area contributed by atoms with E-state index in [0.29, 0.717) is 11.5 Å². The number of benzene rings is 3. The van der Waals surface area contributed by atoms with Gasteiger partial charge in [0.2, 0.25) is 0 Å². The van der Waals surface area contributed by atoms with Gasteiger partial charge in [0.25, 0.3) is 0 Å². The highest BCUT2D eigenvalue weighted by Crippen LogP contribution is 2.44. The smallest absolute Gasteiger partial charge is 0.314 e. The maximum atomic E-state index is 13.2. The van der Waals surface area contributed by atoms with E-state index < -0.39 is 0 Å². The SMILES string of the molecule is CCCCC(CC)C(=O)Oc1c2ccccc2c(OC(=O)C(CC)CCCC)c2cc(C)ccc12. The molecule has 188 valence electrons. The summed E-state index contributed by atoms with van der Waals surface area (Å²) in [6.07, 6.45) is 7.25. The molecule has 0 aliphatic heterocycles. The van der Waals surface area contributed by atoms with Crippen LogP contribution in [0.4, 0.5) is 0 Å². The number of rotatable bonds is 12. The first-order valence-corrected chi connectivity index (χ1v) is 13.3. The van der Waals surface area contributed by atoms with Gasteiger partial charge in [0.1, 0.15) is 11.5 Å². The first-order valence-electron chi connectivity index (χ1n) is 13.3. The lowest BCUT2D eigenvalue weighted by molar-refractivity contribution is -0.140. The lowest BCUT2D eigenvalue weighted by Crippen LogP contribution is -2.21. The Morgan fingerprint density at radius 2 is 1.14 bits per heavy atom. The van der Waals surface area contributed by atoms with E-state index in [2.05, 4.69) is 13.8 Å². The molecular weight excluding hydrogens is 436 g/mol. The van der Waals surface area contributed by atoms with E-state index in [1.54, 1.807) is 0 Å². The van der Waals surface area contributed by atoms with Crippen LogP contribution in [0.15, 0.2) is 42.5 Å². The summed E-state index contributed by atoms with van der Waals surface area (Å²) >= 11 is 0. The normalized spacial score (nSPS) is 13.1. The quantitative estimate of drug-likeness (QED) is 0.149. The molecular formula is C31H40O4. The highest BCUT2D eigenvalue weighted by molar-refractivity contribution is 6.13. The molecule has 0 aromatic heterocycles. The molecule has 0 heterocycles. The summed E-state index contributed by atoms with van der Waals surface area (Å²) in [5.74, 6) is 0.462. The molecule has 0 amide bonds. The fraction of sp³-hybridized carbons (Fsp3) is 0.484. The van der Waals surface area contributed by atoms with Crippen molar-refractivity contribution in [1.29, 1.82) is 0 Å². The molecule has 2 unspecified atom stereocenters. The van der Waals surface area contributed by atoms with Gasteiger partial charge in [-0.05, 0) is 38.7 Å². The number of aryl methyl sites for hydroxylation is 1. The summed E-state index contributed by atoms with van der Waals surface area (Å²) in [6, 6.07) is 13.7. The third-order valence-corrected chi connectivity index (χ3v) is 6.95. The van der Waals surface area contributed by atoms with Crippen LogP contribution in [-0.2, 0) is 9.59 Å². The van der Waals surface area contributed by atoms with E-state index in [1.165, 1.54) is 0 Å². The van der Waals surface area contributed by atoms with Crippen molar-refractivity contribution in [2.24, 2.45) is 11.8 Å². The van der Waals surface area contributed by atoms with Crippen molar-refractivity contribution in [3.05, 3.63) is 48.0 Å². The lowest BCUT2D eigenvalue weighted by Gasteiger charge is -2.20. The summed E-state index contributed by atoms with van der Waals surface area (Å²) in [4.78, 5) is 26.4. The Hall–Kier alpha value is -2.88. The number of hydrogen-bond donors (Lipinski definition) is 0. The molecule has 0 aliphatic rings. The minimum absolute atomic E-state index is 0.129. The number of fused-ring (bicyclic) bond motifs is 2. The van der Waals surface area contributed by atoms with Gasteiger partial charge >= 0.3 is 11.9 Å². The zero-order valence-corrected chi connectivity index (χ0v) is 22.0. The Morgan fingerprint density at radius 3 is 1.60 bits per heavy atom. The predicted octanol–water partition coefficient (Wildman–Crippen LogP) is 8.55. The van der Waals surface area contributed by atoms with Crippen LogP contribution in [0.25, 0.3) is 21.5 Å². The topological polar surface area (TPSA) is 52.6 Å². The minimum Gasteiger partial charge on any atom is -0.425 e. The van der Waals surface area contributed by atoms with Gasteiger partial charge < -0.3 is 9.47 Å². The number of unbranched alkanes of at least 4 members (excludes halogenated alkanes) is 2. The molecule has 0 saturated heterocycles. The summed E-state index contributed by atoms with van der Waals surface area (Å²) < 4.78 is 12.3. The van der Waals surface area contributed by atoms with Gasteiger partial charge in [-0.1, -0.05) is 95.3 Å². The molecule has 3 aromatic carbocycles. The Bertz CT molecular complexity index is 1160. The number of hydrogen-bond acceptors (Lipinski definition) is 4. The summed E-state index contributed by atoms with van der Waals surface area (Å²) in [6.45, 7) is 10.3. The zero-order chi connectivity index (χ0) is 25.4. The Balaban J connectivity index is 2.13. The second-order valence-electron chi connectivity index (χ2n) is 9.59. The van der Waals surface area contributed by atoms with E-state index in [1.807, 2.05) is 63.2 Å². The second-order valence-corrected chi connectivity index (χ2v) is 9.59. The Kier molecular flexibility index (Phi) is 9.71. The van der Waals surface area contributed by atoms with Crippen molar-refractivity contribution < 1.29 is 19.1 Å². The molecule has 0 spiro atoms. The molecule has 0 aliphatic carbocycles. The summed E-state index contributed by atoms with van der Waals surface area (Å²) in [5, 5.41) is 3.16. The number of ether oxygens (including phenoxy) is 2. The van der Waals surface area contributed by atoms with Gasteiger partial charge in [0.05, 0.1) is 11.8 Å². The van der Waals surface area contributed by atoms with Crippen molar-refractivity contribution in [3.63, 3.8) is 0 Å². The monoisotopic (exact) mass is 476 g/mol. The third kappa shape index (κ3) is 6.22. The van der Waals surface area contributed by atoms with Gasteiger partial charge in [-0.2, -0.15) is 0 Å². The van der Waals surface area contributed by atoms with Crippen LogP contribution in [0.1, 0.15) is 84.6 Å². The van der Waals surface area contributed by atoms with Crippen LogP contribution in [0.5, 0.6) is 11.5 Å². The molecule has 0 N–H and O–H groups in total. The molecule has 3 rings (SSSR count). The Labute approximate surface area is 210 Å². The third-order valence-electron chi connectivity index (χ3n) is 6.95. The summed E-state index contributed by atoms with van der Waals surface area (Å²) in [7, 11) is 0. The van der Waals surface area contributed by atoms with Crippen molar-refractivity contribution in [2.75, 3.05) is 0 Å². The molecule has 0 saturated carbocycles. The second kappa shape index (κ2) is 12.7. The molecule has 4 heteroatoms. The van der Waals surface area contributed by atoms with Crippen molar-refractivity contribution in [2.45, 2.75) is 86.0 Å². The first kappa shape index (κ1) is 26.7. The van der Waals surface area contributed by atoms with Crippen LogP contribution in [-0.4, -0.2) is 11.9 Å². The maximum absolute atomic E-state index is 13.2. The fourth-order valence-corrected chi connectivity index (χ4v) is 4.68. The van der Waals surface area contributed by atoms with Crippen LogP contribution in [0.3, 0.4) is 0 Å². The number of esters is 2. The van der Waals surface area contributed by atoms with Gasteiger partial charge in [-0.3, -0.25) is 9.59 Å². The molecule has 2 atom stereocenters. The molecule has 3 aromatic rings. The van der Waals surface area contributed by atoms with Gasteiger partial charge in [-0.15, -0.1) is 0 Å². The fourth-order valence-electron chi connectivity index (χ4n) is 4.68. The highest BCUT2D eigenvalue weighted by Gasteiger charge is 2.25. The average Bonchev–Trinajstić information content (AvgIpc) is 2.86. The van der Waals surface area contributed by atoms with Gasteiger partial charge in [-0.25, -0.2) is 0 Å². The Morgan fingerprint density at radius 1 is 0.686 bits per heavy atom. The standard InChI is InChI=1S/C31H40O4/c1-6-10-14-22(8-3)30(32)34-28-24-16-12-13-17-25(24)29(27-20-21(5)18-19-26(27)28)35-31(33)23(9-4)15-11-7-2/h12-13,16-20,22-23H,6-11,14-15H2,1-5H3. The number of carbonyl (C=O) groups excluding carboxylic acids is 2. The van der Waals surface area contributed by atoms with Crippen LogP contribution in [0, 0.1) is 18.8 Å². The van der Waals surface area contributed by atoms with Crippen LogP contribution in [0.2, 0.25) is 0 Å². The summed E-state index contributed by atoms with van der Waals surface area (Å²) in [5.41, 5.74) is 1.05. The van der Waals surface area contributed by atoms with Crippen LogP contribution < -0.4 is 9.47 Å². The molecule has 4 nitrogen and oxygen atoms in total. The lowest BCUT2D eigenvalue weighted by atomic mass is 9.97. The van der Waals surface area contributed by atoms with E-state index >= 15 is 0 Å². The average molecular weight is 477 g/mol. The first-order chi connectivity index (χ1) is 16.9. The highest BCUT2D eigenvalue weighted by atomic mass is 16.5. The minimum atomic E-state index is -0.191. The van der Waals surface area contributed by atoms with Crippen molar-refractivity contribution in [3.8, 4) is 11.5 Å². The molecule has 35 heavy (non-hydrogen) atoms. The molecule has 0 bridgehead atoms. The van der Waals surface area contributed by atoms with Crippen molar-refractivity contribution >= 4 is 33.5 Å². The van der Waals surface area contributed by atoms with E-state index in [4.69, 9.17) is 9.47 Å². The van der Waals surface area contributed by atoms with Crippen molar-refractivity contribution in [1.82, 2.24) is 0 Å².